The van der Waals surface area contributed by atoms with Crippen molar-refractivity contribution in [1.82, 2.24) is 0 Å². The molecule has 0 amide bonds. The Kier molecular flexibility index (Phi) is 2.28. The van der Waals surface area contributed by atoms with Gasteiger partial charge in [-0.1, -0.05) is 13.0 Å². The molecule has 0 spiro atoms. The summed E-state index contributed by atoms with van der Waals surface area (Å²) in [5.41, 5.74) is 3.03. The van der Waals surface area contributed by atoms with Crippen LogP contribution < -0.4 is 0 Å². The van der Waals surface area contributed by atoms with Gasteiger partial charge in [-0.05, 0) is 43.0 Å². The monoisotopic (exact) mass is 152 g/mol. The molecule has 0 atom stereocenters. The fraction of sp³-hybridized carbons (Fsp3) is 0.400. The first-order chi connectivity index (χ1) is 5.15. The van der Waals surface area contributed by atoms with Gasteiger partial charge in [-0.15, -0.1) is 0 Å². The Balaban J connectivity index is 3.21. The lowest BCUT2D eigenvalue weighted by atomic mass is 10.0. The van der Waals surface area contributed by atoms with Crippen LogP contribution in [-0.4, -0.2) is 0 Å². The van der Waals surface area contributed by atoms with Gasteiger partial charge in [0.1, 0.15) is 5.82 Å². The zero-order valence-electron chi connectivity index (χ0n) is 7.24. The van der Waals surface area contributed by atoms with Crippen LogP contribution in [0.2, 0.25) is 0 Å². The maximum Gasteiger partial charge on any atom is 0.126 e. The quantitative estimate of drug-likeness (QED) is 0.580. The first kappa shape index (κ1) is 8.25. The van der Waals surface area contributed by atoms with Crippen LogP contribution in [0.4, 0.5) is 4.39 Å². The molecule has 0 saturated heterocycles. The Bertz CT molecular complexity index is 264. The first-order valence-corrected chi connectivity index (χ1v) is 3.90. The van der Waals surface area contributed by atoms with Gasteiger partial charge in [0.2, 0.25) is 0 Å². The molecule has 1 rings (SSSR count). The van der Waals surface area contributed by atoms with E-state index in [4.69, 9.17) is 0 Å². The highest BCUT2D eigenvalue weighted by Crippen LogP contribution is 2.14. The molecular weight excluding hydrogens is 139 g/mol. The lowest BCUT2D eigenvalue weighted by Crippen LogP contribution is -1.91. The predicted molar refractivity (Wildman–Crippen MR) is 45.3 cm³/mol. The van der Waals surface area contributed by atoms with Crippen molar-refractivity contribution in [3.8, 4) is 0 Å². The normalized spacial score (nSPS) is 10.2. The molecule has 0 bridgehead atoms. The van der Waals surface area contributed by atoms with Crippen LogP contribution in [0.1, 0.15) is 23.6 Å². The topological polar surface area (TPSA) is 0 Å². The van der Waals surface area contributed by atoms with E-state index < -0.39 is 0 Å². The molecule has 0 fully saturated rings. The summed E-state index contributed by atoms with van der Waals surface area (Å²) in [4.78, 5) is 0. The number of hydrogen-bond donors (Lipinski definition) is 0. The van der Waals surface area contributed by atoms with Gasteiger partial charge in [0, 0.05) is 0 Å². The largest absolute Gasteiger partial charge is 0.207 e. The second-order valence-corrected chi connectivity index (χ2v) is 2.88. The van der Waals surface area contributed by atoms with Gasteiger partial charge in [0.15, 0.2) is 0 Å². The van der Waals surface area contributed by atoms with Crippen LogP contribution in [0.25, 0.3) is 0 Å². The highest BCUT2D eigenvalue weighted by molar-refractivity contribution is 5.31. The molecule has 0 aliphatic carbocycles. The van der Waals surface area contributed by atoms with Crippen molar-refractivity contribution in [3.05, 3.63) is 34.6 Å². The average Bonchev–Trinajstić information content (AvgIpc) is 1.97. The summed E-state index contributed by atoms with van der Waals surface area (Å²) in [7, 11) is 0. The van der Waals surface area contributed by atoms with Crippen molar-refractivity contribution in [2.24, 2.45) is 0 Å². The molecular formula is C10H13F. The summed E-state index contributed by atoms with van der Waals surface area (Å²) < 4.78 is 12.9. The fourth-order valence-electron chi connectivity index (χ4n) is 1.25. The summed E-state index contributed by atoms with van der Waals surface area (Å²) in [6, 6.07) is 3.53. The lowest BCUT2D eigenvalue weighted by molar-refractivity contribution is 0.615. The molecule has 0 heterocycles. The number of hydrogen-bond acceptors (Lipinski definition) is 0. The van der Waals surface area contributed by atoms with E-state index in [0.717, 1.165) is 17.5 Å². The van der Waals surface area contributed by atoms with Crippen molar-refractivity contribution in [3.63, 3.8) is 0 Å². The average molecular weight is 152 g/mol. The van der Waals surface area contributed by atoms with Crippen LogP contribution >= 0.6 is 0 Å². The Labute approximate surface area is 67.1 Å². The minimum absolute atomic E-state index is 0.0903. The molecule has 11 heavy (non-hydrogen) atoms. The Morgan fingerprint density at radius 1 is 1.18 bits per heavy atom. The maximum atomic E-state index is 12.9. The van der Waals surface area contributed by atoms with E-state index in [1.807, 2.05) is 19.9 Å². The van der Waals surface area contributed by atoms with Crippen LogP contribution in [0, 0.1) is 19.7 Å². The Hall–Kier alpha value is -0.850. The lowest BCUT2D eigenvalue weighted by Gasteiger charge is -2.04. The van der Waals surface area contributed by atoms with E-state index in [1.54, 1.807) is 13.0 Å². The smallest absolute Gasteiger partial charge is 0.126 e. The van der Waals surface area contributed by atoms with Crippen LogP contribution in [0.5, 0.6) is 0 Å². The van der Waals surface area contributed by atoms with Crippen LogP contribution in [0.15, 0.2) is 12.1 Å². The van der Waals surface area contributed by atoms with E-state index >= 15 is 0 Å². The number of rotatable bonds is 1. The second-order valence-electron chi connectivity index (χ2n) is 2.88. The van der Waals surface area contributed by atoms with Crippen molar-refractivity contribution in [1.29, 1.82) is 0 Å². The van der Waals surface area contributed by atoms with Gasteiger partial charge in [0.25, 0.3) is 0 Å². The van der Waals surface area contributed by atoms with Crippen LogP contribution in [-0.2, 0) is 6.42 Å². The first-order valence-electron chi connectivity index (χ1n) is 3.90. The van der Waals surface area contributed by atoms with Gasteiger partial charge in [-0.2, -0.15) is 0 Å². The molecule has 1 aromatic rings. The molecule has 1 aromatic carbocycles. The summed E-state index contributed by atoms with van der Waals surface area (Å²) in [5.74, 6) is -0.0903. The SMILES string of the molecule is CCc1cc(F)c(C)cc1C. The summed E-state index contributed by atoms with van der Waals surface area (Å²) in [5, 5.41) is 0. The number of benzene rings is 1. The molecule has 60 valence electrons. The van der Waals surface area contributed by atoms with Crippen molar-refractivity contribution in [2.75, 3.05) is 0 Å². The van der Waals surface area contributed by atoms with Crippen LogP contribution in [0.3, 0.4) is 0 Å². The van der Waals surface area contributed by atoms with Gasteiger partial charge in [-0.3, -0.25) is 0 Å². The Morgan fingerprint density at radius 2 is 1.82 bits per heavy atom. The zero-order chi connectivity index (χ0) is 8.43. The molecule has 0 saturated carbocycles. The highest BCUT2D eigenvalue weighted by Gasteiger charge is 2.01. The van der Waals surface area contributed by atoms with Crippen molar-refractivity contribution < 1.29 is 4.39 Å². The Morgan fingerprint density at radius 3 is 2.36 bits per heavy atom. The molecule has 0 nitrogen and oxygen atoms in total. The van der Waals surface area contributed by atoms with E-state index in [1.165, 1.54) is 5.56 Å². The zero-order valence-corrected chi connectivity index (χ0v) is 7.24. The molecule has 0 unspecified atom stereocenters. The minimum atomic E-state index is -0.0903. The molecule has 1 heteroatoms. The molecule has 0 radical (unpaired) electrons. The van der Waals surface area contributed by atoms with Gasteiger partial charge >= 0.3 is 0 Å². The third-order valence-corrected chi connectivity index (χ3v) is 2.00. The molecule has 0 N–H and O–H groups in total. The molecule has 0 aromatic heterocycles. The van der Waals surface area contributed by atoms with E-state index in [0.29, 0.717) is 0 Å². The van der Waals surface area contributed by atoms with E-state index in [2.05, 4.69) is 0 Å². The summed E-state index contributed by atoms with van der Waals surface area (Å²) in [6.07, 6.45) is 0.906. The van der Waals surface area contributed by atoms with E-state index in [-0.39, 0.29) is 5.82 Å². The minimum Gasteiger partial charge on any atom is -0.207 e. The predicted octanol–water partition coefficient (Wildman–Crippen LogP) is 3.00. The third kappa shape index (κ3) is 1.59. The second kappa shape index (κ2) is 3.04. The van der Waals surface area contributed by atoms with Crippen molar-refractivity contribution >= 4 is 0 Å². The molecule has 0 aliphatic heterocycles. The highest BCUT2D eigenvalue weighted by atomic mass is 19.1. The van der Waals surface area contributed by atoms with Crippen molar-refractivity contribution in [2.45, 2.75) is 27.2 Å². The summed E-state index contributed by atoms with van der Waals surface area (Å²) in [6.45, 7) is 5.85. The van der Waals surface area contributed by atoms with E-state index in [9.17, 15) is 4.39 Å². The van der Waals surface area contributed by atoms with Gasteiger partial charge < -0.3 is 0 Å². The van der Waals surface area contributed by atoms with Gasteiger partial charge in [-0.25, -0.2) is 4.39 Å². The third-order valence-electron chi connectivity index (χ3n) is 2.00. The standard InChI is InChI=1S/C10H13F/c1-4-9-6-10(11)8(3)5-7(9)2/h5-6H,4H2,1-3H3. The maximum absolute atomic E-state index is 12.9. The summed E-state index contributed by atoms with van der Waals surface area (Å²) >= 11 is 0. The number of halogens is 1. The van der Waals surface area contributed by atoms with Gasteiger partial charge in [0.05, 0.1) is 0 Å². The fourth-order valence-corrected chi connectivity index (χ4v) is 1.25. The number of aryl methyl sites for hydroxylation is 3. The molecule has 0 aliphatic rings.